The van der Waals surface area contributed by atoms with Gasteiger partial charge in [-0.15, -0.1) is 0 Å². The van der Waals surface area contributed by atoms with Crippen molar-refractivity contribution in [2.24, 2.45) is 17.8 Å². The molecule has 0 saturated carbocycles. The molecule has 0 unspecified atom stereocenters. The van der Waals surface area contributed by atoms with Crippen LogP contribution in [0.2, 0.25) is 5.02 Å². The first-order chi connectivity index (χ1) is 11.9. The third-order valence-corrected chi connectivity index (χ3v) is 5.29. The van der Waals surface area contributed by atoms with Crippen LogP contribution in [0.3, 0.4) is 0 Å². The summed E-state index contributed by atoms with van der Waals surface area (Å²) in [5, 5.41) is 0.563. The van der Waals surface area contributed by atoms with Gasteiger partial charge in [0.05, 0.1) is 25.2 Å². The van der Waals surface area contributed by atoms with Crippen molar-refractivity contribution in [2.45, 2.75) is 25.6 Å². The molecule has 0 aliphatic carbocycles. The fraction of sp³-hybridized carbons (Fsp3) is 0.474. The topological polar surface area (TPSA) is 55.8 Å². The average Bonchev–Trinajstić information content (AvgIpc) is 3.21. The van der Waals surface area contributed by atoms with Gasteiger partial charge in [-0.05, 0) is 24.1 Å². The number of amides is 1. The lowest BCUT2D eigenvalue weighted by atomic mass is 9.77. The van der Waals surface area contributed by atoms with Crippen LogP contribution in [-0.4, -0.2) is 36.7 Å². The number of hydrogen-bond acceptors (Lipinski definition) is 4. The van der Waals surface area contributed by atoms with Crippen LogP contribution < -0.4 is 4.90 Å². The number of benzene rings is 1. The lowest BCUT2D eigenvalue weighted by molar-refractivity contribution is -0.153. The molecular weight excluding hydrogens is 342 g/mol. The summed E-state index contributed by atoms with van der Waals surface area (Å²) < 4.78 is 11.5. The van der Waals surface area contributed by atoms with Crippen molar-refractivity contribution >= 4 is 29.2 Å². The van der Waals surface area contributed by atoms with Gasteiger partial charge in [-0.1, -0.05) is 43.7 Å². The van der Waals surface area contributed by atoms with Gasteiger partial charge in [0.1, 0.15) is 11.5 Å². The van der Waals surface area contributed by atoms with Gasteiger partial charge in [-0.2, -0.15) is 0 Å². The van der Waals surface area contributed by atoms with E-state index in [-0.39, 0.29) is 23.9 Å². The molecule has 1 spiro atoms. The summed E-state index contributed by atoms with van der Waals surface area (Å²) in [6.07, 6.45) is 3.43. The van der Waals surface area contributed by atoms with Crippen LogP contribution in [0.1, 0.15) is 13.8 Å². The third-order valence-electron chi connectivity index (χ3n) is 5.05. The van der Waals surface area contributed by atoms with Gasteiger partial charge in [0.15, 0.2) is 0 Å². The smallest absolute Gasteiger partial charge is 0.312 e. The maximum atomic E-state index is 13.1. The Bertz CT molecular complexity index is 762. The van der Waals surface area contributed by atoms with Gasteiger partial charge >= 0.3 is 5.97 Å². The third kappa shape index (κ3) is 2.57. The van der Waals surface area contributed by atoms with Gasteiger partial charge < -0.3 is 14.4 Å². The van der Waals surface area contributed by atoms with Crippen molar-refractivity contribution in [1.29, 1.82) is 0 Å². The number of carbonyl (C=O) groups is 2. The van der Waals surface area contributed by atoms with Crippen molar-refractivity contribution < 1.29 is 19.1 Å². The molecule has 6 heteroatoms. The Hall–Kier alpha value is -1.85. The molecule has 1 aromatic carbocycles. The highest BCUT2D eigenvalue weighted by Crippen LogP contribution is 2.53. The molecule has 0 N–H and O–H groups in total. The lowest BCUT2D eigenvalue weighted by Crippen LogP contribution is -2.40. The number of rotatable bonds is 4. The van der Waals surface area contributed by atoms with Crippen LogP contribution in [0.15, 0.2) is 36.4 Å². The van der Waals surface area contributed by atoms with Gasteiger partial charge in [0.25, 0.3) is 0 Å². The second-order valence-electron chi connectivity index (χ2n) is 7.33. The van der Waals surface area contributed by atoms with E-state index in [2.05, 4.69) is 0 Å². The predicted molar refractivity (Wildman–Crippen MR) is 93.3 cm³/mol. The first-order valence-corrected chi connectivity index (χ1v) is 8.90. The van der Waals surface area contributed by atoms with E-state index in [1.54, 1.807) is 23.1 Å². The minimum absolute atomic E-state index is 0.111. The van der Waals surface area contributed by atoms with Gasteiger partial charge in [-0.25, -0.2) is 0 Å². The highest BCUT2D eigenvalue weighted by molar-refractivity contribution is 6.31. The zero-order valence-corrected chi connectivity index (χ0v) is 14.9. The molecule has 3 aliphatic heterocycles. The number of carbonyl (C=O) groups excluding carboxylic acids is 2. The zero-order chi connectivity index (χ0) is 17.8. The molecule has 0 aromatic heterocycles. The molecular formula is C19H20ClNO4. The van der Waals surface area contributed by atoms with Crippen LogP contribution in [0.25, 0.3) is 0 Å². The van der Waals surface area contributed by atoms with E-state index < -0.39 is 17.4 Å². The van der Waals surface area contributed by atoms with E-state index in [9.17, 15) is 9.59 Å². The van der Waals surface area contributed by atoms with Gasteiger partial charge in [0.2, 0.25) is 5.91 Å². The molecule has 4 rings (SSSR count). The molecule has 3 aliphatic rings. The largest absolute Gasteiger partial charge is 0.465 e. The van der Waals surface area contributed by atoms with Crippen molar-refractivity contribution in [3.05, 3.63) is 41.4 Å². The van der Waals surface area contributed by atoms with Crippen molar-refractivity contribution in [3.8, 4) is 0 Å². The summed E-state index contributed by atoms with van der Waals surface area (Å²) in [6.45, 7) is 4.69. The molecule has 2 saturated heterocycles. The van der Waals surface area contributed by atoms with E-state index >= 15 is 0 Å². The van der Waals surface area contributed by atoms with Crippen molar-refractivity contribution in [3.63, 3.8) is 0 Å². The number of esters is 1. The van der Waals surface area contributed by atoms with E-state index in [4.69, 9.17) is 21.1 Å². The standard InChI is InChI=1S/C19H20ClNO4/c1-11(2)9-24-18(23)15-14-6-7-19(25-14)10-21(17(22)16(15)19)13-5-3-4-12(20)8-13/h3-8,11,14-16H,9-10H2,1-2H3/t14-,15+,16+,19+/m1/s1. The molecule has 132 valence electrons. The van der Waals surface area contributed by atoms with Crippen LogP contribution in [0, 0.1) is 17.8 Å². The summed E-state index contributed by atoms with van der Waals surface area (Å²) in [5.41, 5.74) is -0.0259. The minimum atomic E-state index is -0.744. The number of ether oxygens (including phenoxy) is 2. The Morgan fingerprint density at radius 3 is 3.00 bits per heavy atom. The molecule has 3 heterocycles. The molecule has 1 amide bonds. The SMILES string of the molecule is CC(C)COC(=O)[C@@H]1[C@H]2C(=O)N(c3cccc(Cl)c3)C[C@@]23C=C[C@H]1O3. The molecule has 2 fully saturated rings. The Kier molecular flexibility index (Phi) is 3.89. The Morgan fingerprint density at radius 2 is 2.28 bits per heavy atom. The first-order valence-electron chi connectivity index (χ1n) is 8.52. The van der Waals surface area contributed by atoms with Crippen LogP contribution in [0.5, 0.6) is 0 Å². The summed E-state index contributed by atoms with van der Waals surface area (Å²) in [5.74, 6) is -1.34. The molecule has 5 nitrogen and oxygen atoms in total. The quantitative estimate of drug-likeness (QED) is 0.611. The fourth-order valence-corrected chi connectivity index (χ4v) is 4.16. The Balaban J connectivity index is 1.62. The first kappa shape index (κ1) is 16.6. The highest BCUT2D eigenvalue weighted by Gasteiger charge is 2.67. The summed E-state index contributed by atoms with van der Waals surface area (Å²) in [7, 11) is 0. The zero-order valence-electron chi connectivity index (χ0n) is 14.1. The average molecular weight is 362 g/mol. The normalized spacial score (nSPS) is 32.6. The molecule has 4 atom stereocenters. The number of nitrogens with zero attached hydrogens (tertiary/aromatic N) is 1. The van der Waals surface area contributed by atoms with Crippen molar-refractivity contribution in [1.82, 2.24) is 0 Å². The fourth-order valence-electron chi connectivity index (χ4n) is 3.97. The van der Waals surface area contributed by atoms with E-state index in [1.165, 1.54) is 0 Å². The molecule has 2 bridgehead atoms. The van der Waals surface area contributed by atoms with E-state index in [1.807, 2.05) is 32.1 Å². The number of anilines is 1. The lowest BCUT2D eigenvalue weighted by Gasteiger charge is -2.23. The summed E-state index contributed by atoms with van der Waals surface area (Å²) in [4.78, 5) is 27.3. The molecule has 25 heavy (non-hydrogen) atoms. The molecule has 0 radical (unpaired) electrons. The second kappa shape index (κ2) is 5.85. The minimum Gasteiger partial charge on any atom is -0.465 e. The van der Waals surface area contributed by atoms with Crippen LogP contribution in [0.4, 0.5) is 5.69 Å². The monoisotopic (exact) mass is 361 g/mol. The van der Waals surface area contributed by atoms with Crippen LogP contribution in [-0.2, 0) is 19.1 Å². The maximum Gasteiger partial charge on any atom is 0.312 e. The van der Waals surface area contributed by atoms with Gasteiger partial charge in [-0.3, -0.25) is 9.59 Å². The highest BCUT2D eigenvalue weighted by atomic mass is 35.5. The Labute approximate surface area is 151 Å². The number of hydrogen-bond donors (Lipinski definition) is 0. The van der Waals surface area contributed by atoms with Crippen LogP contribution >= 0.6 is 11.6 Å². The predicted octanol–water partition coefficient (Wildman–Crippen LogP) is 2.83. The molecule has 1 aromatic rings. The maximum absolute atomic E-state index is 13.1. The van der Waals surface area contributed by atoms with Gasteiger partial charge in [0, 0.05) is 10.7 Å². The van der Waals surface area contributed by atoms with E-state index in [0.29, 0.717) is 18.2 Å². The second-order valence-corrected chi connectivity index (χ2v) is 7.76. The van der Waals surface area contributed by atoms with E-state index in [0.717, 1.165) is 5.69 Å². The number of halogens is 1. The Morgan fingerprint density at radius 1 is 1.48 bits per heavy atom. The van der Waals surface area contributed by atoms with Crippen molar-refractivity contribution in [2.75, 3.05) is 18.1 Å². The summed E-state index contributed by atoms with van der Waals surface area (Å²) in [6, 6.07) is 7.15. The number of fused-ring (bicyclic) bond motifs is 1. The summed E-state index contributed by atoms with van der Waals surface area (Å²) >= 11 is 6.06.